The molecule has 0 saturated carbocycles. The lowest BCUT2D eigenvalue weighted by Gasteiger charge is -2.09. The molecule has 0 atom stereocenters. The van der Waals surface area contributed by atoms with E-state index in [0.29, 0.717) is 26.6 Å². The smallest absolute Gasteiger partial charge is 0.179 e. The van der Waals surface area contributed by atoms with Gasteiger partial charge in [-0.15, -0.1) is 0 Å². The van der Waals surface area contributed by atoms with Crippen LogP contribution < -0.4 is 9.47 Å². The lowest BCUT2D eigenvalue weighted by atomic mass is 10.2. The van der Waals surface area contributed by atoms with Gasteiger partial charge < -0.3 is 14.3 Å². The van der Waals surface area contributed by atoms with Crippen molar-refractivity contribution >= 4 is 41.0 Å². The second-order valence-corrected chi connectivity index (χ2v) is 5.73. The van der Waals surface area contributed by atoms with E-state index in [0.717, 1.165) is 11.1 Å². The molecule has 2 rings (SSSR count). The highest BCUT2D eigenvalue weighted by Crippen LogP contribution is 2.35. The van der Waals surface area contributed by atoms with Gasteiger partial charge in [-0.2, -0.15) is 0 Å². The van der Waals surface area contributed by atoms with E-state index < -0.39 is 0 Å². The number of rotatable bonds is 6. The fourth-order valence-electron chi connectivity index (χ4n) is 1.86. The van der Waals surface area contributed by atoms with Crippen LogP contribution >= 0.6 is 34.8 Å². The number of benzene rings is 2. The Balaban J connectivity index is 2.04. The first-order valence-electron chi connectivity index (χ1n) is 6.56. The number of hydrogen-bond donors (Lipinski definition) is 0. The van der Waals surface area contributed by atoms with Crippen LogP contribution in [0.5, 0.6) is 11.5 Å². The van der Waals surface area contributed by atoms with Gasteiger partial charge >= 0.3 is 0 Å². The molecular formula is C16H14Cl3NO3. The van der Waals surface area contributed by atoms with E-state index in [1.54, 1.807) is 30.3 Å². The zero-order valence-electron chi connectivity index (χ0n) is 12.5. The summed E-state index contributed by atoms with van der Waals surface area (Å²) in [6, 6.07) is 8.62. The molecule has 0 bridgehead atoms. The number of nitrogens with zero attached hydrogens (tertiary/aromatic N) is 1. The number of oxime groups is 1. The molecule has 0 saturated heterocycles. The summed E-state index contributed by atoms with van der Waals surface area (Å²) in [6.07, 6.45) is 1.53. The van der Waals surface area contributed by atoms with Crippen LogP contribution in [0.4, 0.5) is 0 Å². The van der Waals surface area contributed by atoms with Gasteiger partial charge in [0.05, 0.1) is 25.5 Å². The number of methoxy groups -OCH3 is 2. The molecule has 0 unspecified atom stereocenters. The molecule has 0 aliphatic rings. The Morgan fingerprint density at radius 1 is 1.00 bits per heavy atom. The zero-order chi connectivity index (χ0) is 16.8. The van der Waals surface area contributed by atoms with Crippen molar-refractivity contribution in [3.05, 3.63) is 56.5 Å². The molecule has 0 amide bonds. The Labute approximate surface area is 149 Å². The summed E-state index contributed by atoms with van der Waals surface area (Å²) in [5.41, 5.74) is 1.51. The second kappa shape index (κ2) is 8.29. The van der Waals surface area contributed by atoms with E-state index in [4.69, 9.17) is 49.1 Å². The third kappa shape index (κ3) is 4.67. The van der Waals surface area contributed by atoms with Crippen LogP contribution in [0.15, 0.2) is 35.5 Å². The van der Waals surface area contributed by atoms with Crippen LogP contribution in [-0.4, -0.2) is 20.4 Å². The van der Waals surface area contributed by atoms with E-state index in [1.807, 2.05) is 0 Å². The maximum atomic E-state index is 6.12. The minimum Gasteiger partial charge on any atom is -0.493 e. The van der Waals surface area contributed by atoms with Gasteiger partial charge in [-0.25, -0.2) is 0 Å². The summed E-state index contributed by atoms with van der Waals surface area (Å²) < 4.78 is 10.4. The van der Waals surface area contributed by atoms with Crippen LogP contribution in [0.1, 0.15) is 11.1 Å². The van der Waals surface area contributed by atoms with E-state index in [-0.39, 0.29) is 6.61 Å². The summed E-state index contributed by atoms with van der Waals surface area (Å²) in [5, 5.41) is 5.43. The minimum atomic E-state index is 0.230. The molecule has 4 nitrogen and oxygen atoms in total. The largest absolute Gasteiger partial charge is 0.493 e. The van der Waals surface area contributed by atoms with Crippen LogP contribution in [0.3, 0.4) is 0 Å². The molecular weight excluding hydrogens is 361 g/mol. The first-order valence-corrected chi connectivity index (χ1v) is 7.69. The van der Waals surface area contributed by atoms with E-state index in [2.05, 4.69) is 5.16 Å². The second-order valence-electron chi connectivity index (χ2n) is 4.48. The highest BCUT2D eigenvalue weighted by molar-refractivity contribution is 6.35. The van der Waals surface area contributed by atoms with Crippen LogP contribution in [0.25, 0.3) is 0 Å². The quantitative estimate of drug-likeness (QED) is 0.514. The molecule has 0 aliphatic heterocycles. The maximum absolute atomic E-state index is 6.12. The van der Waals surface area contributed by atoms with Crippen LogP contribution in [-0.2, 0) is 11.4 Å². The first kappa shape index (κ1) is 17.7. The zero-order valence-corrected chi connectivity index (χ0v) is 14.7. The number of hydrogen-bond acceptors (Lipinski definition) is 4. The van der Waals surface area contributed by atoms with E-state index in [9.17, 15) is 0 Å². The highest BCUT2D eigenvalue weighted by atomic mass is 35.5. The third-order valence-corrected chi connectivity index (χ3v) is 3.84. The van der Waals surface area contributed by atoms with Gasteiger partial charge in [-0.1, -0.05) is 46.0 Å². The van der Waals surface area contributed by atoms with Crippen molar-refractivity contribution in [3.8, 4) is 11.5 Å². The average molecular weight is 375 g/mol. The van der Waals surface area contributed by atoms with Crippen molar-refractivity contribution in [2.24, 2.45) is 5.16 Å². The topological polar surface area (TPSA) is 40.0 Å². The van der Waals surface area contributed by atoms with Gasteiger partial charge in [0, 0.05) is 21.2 Å². The van der Waals surface area contributed by atoms with Crippen molar-refractivity contribution in [2.45, 2.75) is 6.61 Å². The van der Waals surface area contributed by atoms with Gasteiger partial charge in [-0.05, 0) is 24.3 Å². The molecule has 0 aromatic heterocycles. The molecule has 23 heavy (non-hydrogen) atoms. The Morgan fingerprint density at radius 3 is 2.43 bits per heavy atom. The fraction of sp³-hybridized carbons (Fsp3) is 0.188. The van der Waals surface area contributed by atoms with Crippen LogP contribution in [0, 0.1) is 0 Å². The van der Waals surface area contributed by atoms with Gasteiger partial charge in [-0.3, -0.25) is 0 Å². The molecule has 7 heteroatoms. The molecule has 0 aliphatic carbocycles. The van der Waals surface area contributed by atoms with Gasteiger partial charge in [0.25, 0.3) is 0 Å². The molecule has 0 fully saturated rings. The summed E-state index contributed by atoms with van der Waals surface area (Å²) in [4.78, 5) is 5.24. The Kier molecular flexibility index (Phi) is 6.39. The molecule has 2 aromatic rings. The summed E-state index contributed by atoms with van der Waals surface area (Å²) in [6.45, 7) is 0.230. The monoisotopic (exact) mass is 373 g/mol. The van der Waals surface area contributed by atoms with Crippen molar-refractivity contribution in [2.75, 3.05) is 14.2 Å². The Bertz CT molecular complexity index is 720. The fourth-order valence-corrected chi connectivity index (χ4v) is 2.62. The molecule has 0 N–H and O–H groups in total. The number of halogens is 3. The molecule has 0 radical (unpaired) electrons. The third-order valence-electron chi connectivity index (χ3n) is 2.97. The Hall–Kier alpha value is -1.62. The van der Waals surface area contributed by atoms with Crippen molar-refractivity contribution in [1.29, 1.82) is 0 Å². The van der Waals surface area contributed by atoms with E-state index in [1.165, 1.54) is 20.4 Å². The molecule has 2 aromatic carbocycles. The van der Waals surface area contributed by atoms with Gasteiger partial charge in [0.1, 0.15) is 6.61 Å². The molecule has 0 heterocycles. The van der Waals surface area contributed by atoms with Crippen molar-refractivity contribution in [1.82, 2.24) is 0 Å². The normalized spacial score (nSPS) is 10.8. The highest BCUT2D eigenvalue weighted by Gasteiger charge is 2.10. The predicted molar refractivity (Wildman–Crippen MR) is 93.4 cm³/mol. The van der Waals surface area contributed by atoms with Crippen molar-refractivity contribution in [3.63, 3.8) is 0 Å². The van der Waals surface area contributed by atoms with Gasteiger partial charge in [0.15, 0.2) is 11.5 Å². The molecule has 0 spiro atoms. The predicted octanol–water partition coefficient (Wildman–Crippen LogP) is 5.21. The maximum Gasteiger partial charge on any atom is 0.179 e. The number of ether oxygens (including phenoxy) is 2. The average Bonchev–Trinajstić information content (AvgIpc) is 2.52. The lowest BCUT2D eigenvalue weighted by molar-refractivity contribution is 0.132. The van der Waals surface area contributed by atoms with Crippen LogP contribution in [0.2, 0.25) is 15.1 Å². The Morgan fingerprint density at radius 2 is 1.78 bits per heavy atom. The van der Waals surface area contributed by atoms with Crippen molar-refractivity contribution < 1.29 is 14.3 Å². The summed E-state index contributed by atoms with van der Waals surface area (Å²) in [7, 11) is 3.06. The summed E-state index contributed by atoms with van der Waals surface area (Å²) >= 11 is 18.0. The van der Waals surface area contributed by atoms with Gasteiger partial charge in [0.2, 0.25) is 0 Å². The summed E-state index contributed by atoms with van der Waals surface area (Å²) in [5.74, 6) is 0.988. The lowest BCUT2D eigenvalue weighted by Crippen LogP contribution is -1.94. The molecule has 122 valence electrons. The van der Waals surface area contributed by atoms with E-state index >= 15 is 0 Å². The minimum absolute atomic E-state index is 0.230. The first-order chi connectivity index (χ1) is 11.0. The standard InChI is InChI=1S/C16H14Cl3NO3/c1-21-15-6-10(5-14(19)16(15)22-2)8-20-23-9-11-3-4-12(17)7-13(11)18/h3-8H,9H2,1-2H3/b20-8-. The SMILES string of the molecule is COc1cc(/C=N\OCc2ccc(Cl)cc2Cl)cc(Cl)c1OC.